The van der Waals surface area contributed by atoms with E-state index in [9.17, 15) is 0 Å². The minimum atomic E-state index is 0.954. The van der Waals surface area contributed by atoms with Crippen LogP contribution in [0.3, 0.4) is 0 Å². The number of para-hydroxylation sites is 2. The lowest BCUT2D eigenvalue weighted by atomic mass is 9.93. The molecule has 0 unspecified atom stereocenters. The van der Waals surface area contributed by atoms with E-state index in [1.807, 2.05) is 24.4 Å². The Kier molecular flexibility index (Phi) is 6.90. The van der Waals surface area contributed by atoms with Crippen LogP contribution in [-0.2, 0) is 25.7 Å². The third-order valence-corrected chi connectivity index (χ3v) is 8.51. The number of aliphatic imine (C=N–C) groups is 1. The topological polar surface area (TPSA) is 64.2 Å². The molecule has 4 nitrogen and oxygen atoms in total. The molecule has 0 amide bonds. The van der Waals surface area contributed by atoms with E-state index >= 15 is 0 Å². The number of benzene rings is 4. The molecule has 0 saturated carbocycles. The highest BCUT2D eigenvalue weighted by Crippen LogP contribution is 2.35. The van der Waals surface area contributed by atoms with Crippen molar-refractivity contribution >= 4 is 50.2 Å². The molecule has 0 bridgehead atoms. The molecule has 2 heterocycles. The molecule has 41 heavy (non-hydrogen) atoms. The van der Waals surface area contributed by atoms with Gasteiger partial charge in [-0.2, -0.15) is 0 Å². The standard InChI is InChI=1S/C24H20N2.C13H14N2/c1-2-11-19-17(8-1)9-7-10-18(19)16-25-24-20-12-3-5-14-22(20)26-23-15-6-4-13-21(23)24;14-13-9-5-1-3-7-11(9)15-12-8-4-2-6-10(12)13/h1-3,5,7-12,14,16H,4,6,13,15H2;1,3,5,7H,2,4,6,8H2,(H2,14,15). The molecule has 0 aliphatic heterocycles. The first kappa shape index (κ1) is 25.4. The first-order valence-electron chi connectivity index (χ1n) is 14.8. The van der Waals surface area contributed by atoms with Crippen LogP contribution in [0.25, 0.3) is 32.6 Å². The lowest BCUT2D eigenvalue weighted by molar-refractivity contribution is 0.672. The van der Waals surface area contributed by atoms with Crippen molar-refractivity contribution in [3.05, 3.63) is 119 Å². The Morgan fingerprint density at radius 2 is 1.12 bits per heavy atom. The molecule has 4 heteroatoms. The lowest BCUT2D eigenvalue weighted by Gasteiger charge is -2.18. The molecular formula is C37H34N4. The highest BCUT2D eigenvalue weighted by Gasteiger charge is 2.18. The molecule has 0 fully saturated rings. The Bertz CT molecular complexity index is 1920. The number of aryl methyl sites for hydroxylation is 2. The Balaban J connectivity index is 0.000000156. The maximum Gasteiger partial charge on any atom is 0.0774 e. The second-order valence-electron chi connectivity index (χ2n) is 11.1. The highest BCUT2D eigenvalue weighted by atomic mass is 14.8. The van der Waals surface area contributed by atoms with Gasteiger partial charge < -0.3 is 5.73 Å². The van der Waals surface area contributed by atoms with Gasteiger partial charge in [0.05, 0.1) is 16.7 Å². The van der Waals surface area contributed by atoms with Crippen molar-refractivity contribution in [3.63, 3.8) is 0 Å². The Hall–Kier alpha value is -4.57. The van der Waals surface area contributed by atoms with Crippen LogP contribution in [0.5, 0.6) is 0 Å². The van der Waals surface area contributed by atoms with Crippen molar-refractivity contribution in [2.45, 2.75) is 51.4 Å². The first-order valence-corrected chi connectivity index (χ1v) is 14.8. The summed E-state index contributed by atoms with van der Waals surface area (Å²) >= 11 is 0. The van der Waals surface area contributed by atoms with Gasteiger partial charge in [-0.3, -0.25) is 15.0 Å². The summed E-state index contributed by atoms with van der Waals surface area (Å²) in [4.78, 5) is 14.6. The van der Waals surface area contributed by atoms with E-state index in [2.05, 4.69) is 72.8 Å². The molecule has 2 N–H and O–H groups in total. The number of nitrogens with two attached hydrogens (primary N) is 1. The number of fused-ring (bicyclic) bond motifs is 5. The number of hydrogen-bond donors (Lipinski definition) is 1. The average molecular weight is 535 g/mol. The SMILES string of the molecule is C(=Nc1c2c(nc3ccccc13)CCCC2)c1cccc2ccccc12.Nc1c2c(nc3ccccc13)CCCC2. The fourth-order valence-electron chi connectivity index (χ4n) is 6.40. The summed E-state index contributed by atoms with van der Waals surface area (Å²) in [6, 6.07) is 31.4. The number of nitrogen functional groups attached to an aromatic ring is 1. The Morgan fingerprint density at radius 1 is 0.561 bits per heavy atom. The summed E-state index contributed by atoms with van der Waals surface area (Å²) in [5.74, 6) is 0. The first-order chi connectivity index (χ1) is 20.3. The Labute approximate surface area is 241 Å². The van der Waals surface area contributed by atoms with Gasteiger partial charge in [-0.1, -0.05) is 78.9 Å². The van der Waals surface area contributed by atoms with E-state index < -0.39 is 0 Å². The smallest absolute Gasteiger partial charge is 0.0774 e. The molecule has 2 aliphatic rings. The van der Waals surface area contributed by atoms with Crippen molar-refractivity contribution < 1.29 is 0 Å². The summed E-state index contributed by atoms with van der Waals surface area (Å²) in [6.07, 6.45) is 11.3. The van der Waals surface area contributed by atoms with Crippen LogP contribution in [0.15, 0.2) is 96.0 Å². The maximum atomic E-state index is 6.20. The number of anilines is 1. The zero-order chi connectivity index (χ0) is 27.6. The normalized spacial score (nSPS) is 14.5. The van der Waals surface area contributed by atoms with Crippen LogP contribution < -0.4 is 5.73 Å². The molecule has 0 radical (unpaired) electrons. The van der Waals surface area contributed by atoms with E-state index in [0.717, 1.165) is 64.4 Å². The summed E-state index contributed by atoms with van der Waals surface area (Å²) in [7, 11) is 0. The van der Waals surface area contributed by atoms with Gasteiger partial charge in [0.25, 0.3) is 0 Å². The van der Waals surface area contributed by atoms with Gasteiger partial charge in [-0.05, 0) is 85.4 Å². The fourth-order valence-corrected chi connectivity index (χ4v) is 6.40. The third-order valence-electron chi connectivity index (χ3n) is 8.51. The molecule has 0 spiro atoms. The van der Waals surface area contributed by atoms with E-state index in [1.54, 1.807) is 0 Å². The van der Waals surface area contributed by atoms with Crippen LogP contribution in [0.2, 0.25) is 0 Å². The summed E-state index contributed by atoms with van der Waals surface area (Å²) < 4.78 is 0. The van der Waals surface area contributed by atoms with Crippen LogP contribution in [0.4, 0.5) is 11.4 Å². The molecule has 0 saturated heterocycles. The predicted molar refractivity (Wildman–Crippen MR) is 172 cm³/mol. The minimum absolute atomic E-state index is 0.954. The van der Waals surface area contributed by atoms with Crippen molar-refractivity contribution in [1.29, 1.82) is 0 Å². The zero-order valence-electron chi connectivity index (χ0n) is 23.3. The zero-order valence-corrected chi connectivity index (χ0v) is 23.3. The monoisotopic (exact) mass is 534 g/mol. The van der Waals surface area contributed by atoms with Gasteiger partial charge >= 0.3 is 0 Å². The van der Waals surface area contributed by atoms with Crippen molar-refractivity contribution in [2.75, 3.05) is 5.73 Å². The summed E-state index contributed by atoms with van der Waals surface area (Å²) in [5, 5.41) is 4.76. The minimum Gasteiger partial charge on any atom is -0.398 e. The molecular weight excluding hydrogens is 500 g/mol. The van der Waals surface area contributed by atoms with Crippen molar-refractivity contribution in [1.82, 2.24) is 9.97 Å². The van der Waals surface area contributed by atoms with Gasteiger partial charge in [-0.15, -0.1) is 0 Å². The van der Waals surface area contributed by atoms with Gasteiger partial charge in [0.2, 0.25) is 0 Å². The number of nitrogens with zero attached hydrogens (tertiary/aromatic N) is 3. The third kappa shape index (κ3) is 4.95. The van der Waals surface area contributed by atoms with E-state index in [4.69, 9.17) is 20.7 Å². The molecule has 6 aromatic rings. The van der Waals surface area contributed by atoms with E-state index in [1.165, 1.54) is 59.0 Å². The largest absolute Gasteiger partial charge is 0.398 e. The van der Waals surface area contributed by atoms with Gasteiger partial charge in [-0.25, -0.2) is 0 Å². The number of aromatic nitrogens is 2. The summed E-state index contributed by atoms with van der Waals surface area (Å²) in [6.45, 7) is 0. The lowest BCUT2D eigenvalue weighted by Crippen LogP contribution is -2.09. The number of pyridine rings is 2. The van der Waals surface area contributed by atoms with E-state index in [0.29, 0.717) is 0 Å². The molecule has 0 atom stereocenters. The van der Waals surface area contributed by atoms with Gasteiger partial charge in [0, 0.05) is 39.6 Å². The molecule has 2 aliphatic carbocycles. The average Bonchev–Trinajstić information content (AvgIpc) is 3.03. The number of hydrogen-bond acceptors (Lipinski definition) is 4. The molecule has 2 aromatic heterocycles. The van der Waals surface area contributed by atoms with Crippen molar-refractivity contribution in [2.24, 2.45) is 4.99 Å². The van der Waals surface area contributed by atoms with Gasteiger partial charge in [0.1, 0.15) is 0 Å². The van der Waals surface area contributed by atoms with Crippen LogP contribution >= 0.6 is 0 Å². The summed E-state index contributed by atoms with van der Waals surface area (Å²) in [5.41, 5.74) is 16.6. The Morgan fingerprint density at radius 3 is 1.90 bits per heavy atom. The maximum absolute atomic E-state index is 6.20. The second kappa shape index (κ2) is 11.1. The van der Waals surface area contributed by atoms with Crippen LogP contribution in [-0.4, -0.2) is 16.2 Å². The number of rotatable bonds is 2. The fraction of sp³-hybridized carbons (Fsp3) is 0.216. The van der Waals surface area contributed by atoms with Crippen molar-refractivity contribution in [3.8, 4) is 0 Å². The molecule has 4 aromatic carbocycles. The van der Waals surface area contributed by atoms with Crippen LogP contribution in [0.1, 0.15) is 53.8 Å². The van der Waals surface area contributed by atoms with Crippen LogP contribution in [0, 0.1) is 0 Å². The second-order valence-corrected chi connectivity index (χ2v) is 11.1. The van der Waals surface area contributed by atoms with Gasteiger partial charge in [0.15, 0.2) is 0 Å². The quantitative estimate of drug-likeness (QED) is 0.226. The molecule has 202 valence electrons. The molecule has 8 rings (SSSR count). The predicted octanol–water partition coefficient (Wildman–Crippen LogP) is 8.71. The van der Waals surface area contributed by atoms with E-state index in [-0.39, 0.29) is 0 Å². The highest BCUT2D eigenvalue weighted by molar-refractivity contribution is 6.02.